The predicted molar refractivity (Wildman–Crippen MR) is 89.9 cm³/mol. The molecule has 1 amide bonds. The summed E-state index contributed by atoms with van der Waals surface area (Å²) in [5.74, 6) is -0.682. The van der Waals surface area contributed by atoms with Crippen LogP contribution in [0.4, 0.5) is 0 Å². The van der Waals surface area contributed by atoms with Crippen molar-refractivity contribution < 1.29 is 13.2 Å². The Labute approximate surface area is 135 Å². The molecule has 0 heterocycles. The molecule has 4 nitrogen and oxygen atoms in total. The van der Waals surface area contributed by atoms with Crippen LogP contribution in [0.2, 0.25) is 0 Å². The Hall–Kier alpha value is -2.40. The second-order valence-electron chi connectivity index (χ2n) is 5.62. The molecular formula is C18H17NO3S. The molecule has 0 fully saturated rings. The van der Waals surface area contributed by atoms with Gasteiger partial charge in [-0.2, -0.15) is 0 Å². The molecule has 0 atom stereocenters. The summed E-state index contributed by atoms with van der Waals surface area (Å²) >= 11 is 0. The fourth-order valence-corrected chi connectivity index (χ4v) is 3.83. The van der Waals surface area contributed by atoms with Crippen LogP contribution in [0.25, 0.3) is 6.08 Å². The molecule has 0 aromatic heterocycles. The molecule has 0 aliphatic heterocycles. The molecule has 1 aliphatic rings. The van der Waals surface area contributed by atoms with Gasteiger partial charge in [0.05, 0.1) is 5.75 Å². The average molecular weight is 327 g/mol. The van der Waals surface area contributed by atoms with Crippen LogP contribution >= 0.6 is 0 Å². The summed E-state index contributed by atoms with van der Waals surface area (Å²) in [5, 5.41) is 0. The Morgan fingerprint density at radius 3 is 2.43 bits per heavy atom. The zero-order chi connectivity index (χ0) is 16.3. The molecule has 3 rings (SSSR count). The highest BCUT2D eigenvalue weighted by Gasteiger charge is 2.19. The zero-order valence-corrected chi connectivity index (χ0v) is 13.3. The highest BCUT2D eigenvalue weighted by Crippen LogP contribution is 2.26. The van der Waals surface area contributed by atoms with Crippen LogP contribution in [0.15, 0.2) is 60.2 Å². The van der Waals surface area contributed by atoms with Crippen LogP contribution < -0.4 is 4.72 Å². The second-order valence-corrected chi connectivity index (χ2v) is 7.35. The van der Waals surface area contributed by atoms with Gasteiger partial charge in [0.2, 0.25) is 15.9 Å². The van der Waals surface area contributed by atoms with Crippen molar-refractivity contribution >= 4 is 22.0 Å². The van der Waals surface area contributed by atoms with E-state index in [9.17, 15) is 13.2 Å². The Balaban J connectivity index is 1.60. The van der Waals surface area contributed by atoms with Gasteiger partial charge < -0.3 is 0 Å². The standard InChI is InChI=1S/C18H17NO3S/c20-18(12-15-10-16-8-4-5-9-17(16)11-15)19-23(21,22)13-14-6-2-1-3-7-14/h1-10H,11-13H2,(H,19,20). The lowest BCUT2D eigenvalue weighted by atomic mass is 10.1. The van der Waals surface area contributed by atoms with Crippen LogP contribution in [0.5, 0.6) is 0 Å². The van der Waals surface area contributed by atoms with E-state index in [-0.39, 0.29) is 12.2 Å². The van der Waals surface area contributed by atoms with Crippen molar-refractivity contribution in [3.63, 3.8) is 0 Å². The summed E-state index contributed by atoms with van der Waals surface area (Å²) in [6.45, 7) is 0. The van der Waals surface area contributed by atoms with Gasteiger partial charge in [0.15, 0.2) is 0 Å². The van der Waals surface area contributed by atoms with Gasteiger partial charge >= 0.3 is 0 Å². The Kier molecular flexibility index (Phi) is 4.30. The fraction of sp³-hybridized carbons (Fsp3) is 0.167. The first-order chi connectivity index (χ1) is 11.0. The molecule has 2 aromatic rings. The molecule has 0 saturated heterocycles. The minimum absolute atomic E-state index is 0.0999. The van der Waals surface area contributed by atoms with E-state index in [4.69, 9.17) is 0 Å². The van der Waals surface area contributed by atoms with Crippen molar-refractivity contribution in [3.05, 3.63) is 76.9 Å². The highest BCUT2D eigenvalue weighted by atomic mass is 32.2. The van der Waals surface area contributed by atoms with E-state index in [1.54, 1.807) is 24.3 Å². The first kappa shape index (κ1) is 15.5. The molecule has 0 unspecified atom stereocenters. The number of hydrogen-bond donors (Lipinski definition) is 1. The Bertz CT molecular complexity index is 855. The lowest BCUT2D eigenvalue weighted by Crippen LogP contribution is -2.31. The third-order valence-corrected chi connectivity index (χ3v) is 4.94. The molecule has 0 radical (unpaired) electrons. The number of benzene rings is 2. The van der Waals surface area contributed by atoms with Gasteiger partial charge in [-0.15, -0.1) is 0 Å². The summed E-state index contributed by atoms with van der Waals surface area (Å²) in [5.41, 5.74) is 3.85. The number of rotatable bonds is 5. The quantitative estimate of drug-likeness (QED) is 0.918. The lowest BCUT2D eigenvalue weighted by molar-refractivity contribution is -0.118. The number of nitrogens with one attached hydrogen (secondary N) is 1. The van der Waals surface area contributed by atoms with Gasteiger partial charge in [0, 0.05) is 6.42 Å². The van der Waals surface area contributed by atoms with Crippen molar-refractivity contribution in [2.75, 3.05) is 0 Å². The Morgan fingerprint density at radius 1 is 1.00 bits per heavy atom. The predicted octanol–water partition coefficient (Wildman–Crippen LogP) is 2.66. The van der Waals surface area contributed by atoms with Crippen molar-refractivity contribution in [3.8, 4) is 0 Å². The van der Waals surface area contributed by atoms with Crippen LogP contribution in [0, 0.1) is 0 Å². The molecule has 1 N–H and O–H groups in total. The molecule has 2 aromatic carbocycles. The van der Waals surface area contributed by atoms with Crippen LogP contribution in [0.3, 0.4) is 0 Å². The Morgan fingerprint density at radius 2 is 1.70 bits per heavy atom. The molecule has 23 heavy (non-hydrogen) atoms. The number of carbonyl (C=O) groups is 1. The summed E-state index contributed by atoms with van der Waals surface area (Å²) in [4.78, 5) is 12.0. The van der Waals surface area contributed by atoms with Gasteiger partial charge in [-0.1, -0.05) is 66.2 Å². The van der Waals surface area contributed by atoms with E-state index in [0.717, 1.165) is 11.1 Å². The summed E-state index contributed by atoms with van der Waals surface area (Å²) in [6.07, 6.45) is 2.75. The lowest BCUT2D eigenvalue weighted by Gasteiger charge is -2.07. The van der Waals surface area contributed by atoms with E-state index in [1.165, 1.54) is 5.56 Å². The summed E-state index contributed by atoms with van der Waals surface area (Å²) in [6, 6.07) is 16.7. The summed E-state index contributed by atoms with van der Waals surface area (Å²) in [7, 11) is -3.67. The first-order valence-corrected chi connectivity index (χ1v) is 9.02. The van der Waals surface area contributed by atoms with Crippen molar-refractivity contribution in [1.82, 2.24) is 4.72 Å². The number of fused-ring (bicyclic) bond motifs is 1. The third kappa shape index (κ3) is 4.07. The van der Waals surface area contributed by atoms with Gasteiger partial charge in [-0.05, 0) is 23.1 Å². The van der Waals surface area contributed by atoms with Crippen molar-refractivity contribution in [1.29, 1.82) is 0 Å². The van der Waals surface area contributed by atoms with Crippen molar-refractivity contribution in [2.24, 2.45) is 0 Å². The van der Waals surface area contributed by atoms with Crippen LogP contribution in [0.1, 0.15) is 23.1 Å². The highest BCUT2D eigenvalue weighted by molar-refractivity contribution is 7.89. The second kappa shape index (κ2) is 6.38. The van der Waals surface area contributed by atoms with Gasteiger partial charge in [0.25, 0.3) is 0 Å². The first-order valence-electron chi connectivity index (χ1n) is 7.36. The minimum Gasteiger partial charge on any atom is -0.274 e. The molecule has 1 aliphatic carbocycles. The maximum Gasteiger partial charge on any atom is 0.239 e. The SMILES string of the molecule is O=C(CC1=Cc2ccccc2C1)NS(=O)(=O)Cc1ccccc1. The molecular weight excluding hydrogens is 310 g/mol. The normalized spacial score (nSPS) is 13.3. The summed E-state index contributed by atoms with van der Waals surface area (Å²) < 4.78 is 26.3. The average Bonchev–Trinajstić information content (AvgIpc) is 2.88. The number of hydrogen-bond acceptors (Lipinski definition) is 3. The van der Waals surface area contributed by atoms with E-state index >= 15 is 0 Å². The fourth-order valence-electron chi connectivity index (χ4n) is 2.71. The van der Waals surface area contributed by atoms with E-state index in [1.807, 2.05) is 36.4 Å². The van der Waals surface area contributed by atoms with Gasteiger partial charge in [-0.3, -0.25) is 9.52 Å². The molecule has 5 heteroatoms. The monoisotopic (exact) mass is 327 g/mol. The molecule has 0 spiro atoms. The number of carbonyl (C=O) groups excluding carboxylic acids is 1. The molecule has 0 bridgehead atoms. The van der Waals surface area contributed by atoms with Crippen LogP contribution in [-0.4, -0.2) is 14.3 Å². The van der Waals surface area contributed by atoms with E-state index in [2.05, 4.69) is 4.72 Å². The van der Waals surface area contributed by atoms with E-state index in [0.29, 0.717) is 12.0 Å². The largest absolute Gasteiger partial charge is 0.274 e. The third-order valence-electron chi connectivity index (χ3n) is 3.69. The molecule has 0 saturated carbocycles. The van der Waals surface area contributed by atoms with Gasteiger partial charge in [-0.25, -0.2) is 8.42 Å². The number of sulfonamides is 1. The molecule has 118 valence electrons. The van der Waals surface area contributed by atoms with Crippen molar-refractivity contribution in [2.45, 2.75) is 18.6 Å². The van der Waals surface area contributed by atoms with Gasteiger partial charge in [0.1, 0.15) is 0 Å². The van der Waals surface area contributed by atoms with Crippen LogP contribution in [-0.2, 0) is 27.0 Å². The minimum atomic E-state index is -3.67. The zero-order valence-electron chi connectivity index (χ0n) is 12.5. The smallest absolute Gasteiger partial charge is 0.239 e. The maximum atomic E-state index is 12.1. The topological polar surface area (TPSA) is 63.2 Å². The van der Waals surface area contributed by atoms with E-state index < -0.39 is 15.9 Å². The number of amides is 1. The maximum absolute atomic E-state index is 12.1.